The van der Waals surface area contributed by atoms with Crippen LogP contribution in [0.15, 0.2) is 35.3 Å². The molecule has 4 rings (SSSR count). The average molecular weight is 428 g/mol. The van der Waals surface area contributed by atoms with Gasteiger partial charge in [0.2, 0.25) is 10.1 Å². The number of hydrogen-bond acceptors (Lipinski definition) is 7. The van der Waals surface area contributed by atoms with Crippen LogP contribution in [0.5, 0.6) is 5.75 Å². The van der Waals surface area contributed by atoms with Gasteiger partial charge < -0.3 is 15.0 Å². The number of hydrogen-bond donors (Lipinski definition) is 1. The Morgan fingerprint density at radius 3 is 2.87 bits per heavy atom. The second-order valence-electron chi connectivity index (χ2n) is 7.51. The van der Waals surface area contributed by atoms with Crippen LogP contribution in [0.3, 0.4) is 0 Å². The normalized spacial score (nSPS) is 16.6. The second-order valence-corrected chi connectivity index (χ2v) is 8.44. The first kappa shape index (κ1) is 20.3. The lowest BCUT2D eigenvalue weighted by Gasteiger charge is -2.30. The van der Waals surface area contributed by atoms with Crippen LogP contribution < -0.4 is 20.5 Å². The number of ether oxygens (including phenoxy) is 1. The molecule has 1 amide bonds. The van der Waals surface area contributed by atoms with E-state index in [1.165, 1.54) is 28.5 Å². The van der Waals surface area contributed by atoms with Crippen molar-refractivity contribution in [3.63, 3.8) is 0 Å². The van der Waals surface area contributed by atoms with Crippen LogP contribution in [0.1, 0.15) is 42.6 Å². The Kier molecular flexibility index (Phi) is 5.98. The number of anilines is 1. The summed E-state index contributed by atoms with van der Waals surface area (Å²) in [5.41, 5.74) is 0.454. The van der Waals surface area contributed by atoms with Crippen molar-refractivity contribution < 1.29 is 9.53 Å². The molecule has 9 heteroatoms. The first-order valence-corrected chi connectivity index (χ1v) is 11.0. The lowest BCUT2D eigenvalue weighted by molar-refractivity contribution is 0.0948. The van der Waals surface area contributed by atoms with Crippen LogP contribution >= 0.6 is 11.3 Å². The summed E-state index contributed by atoms with van der Waals surface area (Å²) >= 11 is 1.38. The summed E-state index contributed by atoms with van der Waals surface area (Å²) in [5.74, 6) is 0.916. The van der Waals surface area contributed by atoms with Gasteiger partial charge >= 0.3 is 0 Å². The third-order valence-corrected chi connectivity index (χ3v) is 6.12. The maximum absolute atomic E-state index is 12.8. The topological polar surface area (TPSA) is 88.8 Å². The number of carbonyl (C=O) groups is 1. The van der Waals surface area contributed by atoms with Gasteiger partial charge in [-0.1, -0.05) is 30.4 Å². The highest BCUT2D eigenvalue weighted by molar-refractivity contribution is 7.20. The number of benzene rings is 1. The molecule has 0 aliphatic carbocycles. The van der Waals surface area contributed by atoms with Gasteiger partial charge in [0, 0.05) is 25.8 Å². The molecule has 0 saturated carbocycles. The zero-order valence-corrected chi connectivity index (χ0v) is 17.9. The Morgan fingerprint density at radius 1 is 1.33 bits per heavy atom. The summed E-state index contributed by atoms with van der Waals surface area (Å²) < 4.78 is 6.66. The fourth-order valence-corrected chi connectivity index (χ4v) is 4.47. The molecule has 0 spiro atoms. The van der Waals surface area contributed by atoms with Crippen LogP contribution in [0, 0.1) is 5.92 Å². The van der Waals surface area contributed by atoms with Gasteiger partial charge in [0.25, 0.3) is 11.5 Å². The summed E-state index contributed by atoms with van der Waals surface area (Å²) in [6.45, 7) is 6.90. The fraction of sp³-hybridized carbons (Fsp3) is 0.429. The number of rotatable bonds is 6. The Bertz CT molecular complexity index is 1090. The summed E-state index contributed by atoms with van der Waals surface area (Å²) in [5, 5.41) is 8.01. The quantitative estimate of drug-likeness (QED) is 0.651. The zero-order chi connectivity index (χ0) is 21.1. The van der Waals surface area contributed by atoms with Crippen molar-refractivity contribution in [3.8, 4) is 5.75 Å². The Labute approximate surface area is 178 Å². The first-order chi connectivity index (χ1) is 14.5. The van der Waals surface area contributed by atoms with Crippen molar-refractivity contribution in [3.05, 3.63) is 51.9 Å². The van der Waals surface area contributed by atoms with Crippen molar-refractivity contribution >= 4 is 27.3 Å². The van der Waals surface area contributed by atoms with Crippen LogP contribution in [0.4, 0.5) is 5.13 Å². The van der Waals surface area contributed by atoms with Crippen LogP contribution in [-0.2, 0) is 6.54 Å². The van der Waals surface area contributed by atoms with Gasteiger partial charge in [0.05, 0.1) is 6.61 Å². The van der Waals surface area contributed by atoms with Crippen LogP contribution in [-0.4, -0.2) is 40.2 Å². The molecule has 30 heavy (non-hydrogen) atoms. The van der Waals surface area contributed by atoms with E-state index in [1.807, 2.05) is 31.2 Å². The third-order valence-electron chi connectivity index (χ3n) is 5.14. The number of nitrogens with zero attached hydrogens (tertiary/aromatic N) is 4. The van der Waals surface area contributed by atoms with E-state index in [0.717, 1.165) is 36.0 Å². The Morgan fingerprint density at radius 2 is 2.13 bits per heavy atom. The molecule has 8 nitrogen and oxygen atoms in total. The second kappa shape index (κ2) is 8.83. The van der Waals surface area contributed by atoms with E-state index in [2.05, 4.69) is 27.2 Å². The van der Waals surface area contributed by atoms with E-state index in [9.17, 15) is 9.59 Å². The van der Waals surface area contributed by atoms with Crippen molar-refractivity contribution in [1.82, 2.24) is 19.9 Å². The smallest absolute Gasteiger partial charge is 0.288 e. The molecule has 1 aromatic carbocycles. The zero-order valence-electron chi connectivity index (χ0n) is 17.1. The highest BCUT2D eigenvalue weighted by Gasteiger charge is 2.22. The average Bonchev–Trinajstić information content (AvgIpc) is 3.19. The van der Waals surface area contributed by atoms with Gasteiger partial charge in [-0.3, -0.25) is 9.59 Å². The molecule has 1 N–H and O–H groups in total. The monoisotopic (exact) mass is 427 g/mol. The standard InChI is InChI=1S/C21H25N5O3S/c1-3-29-16-8-6-15(7-9-16)11-22-18(27)17-12-23-20-26(19(17)28)24-21(30-20)25-10-4-5-14(2)13-25/h6-9,12,14H,3-5,10-11,13H2,1-2H3,(H,22,27)/t14-/m1/s1. The number of piperidine rings is 1. The number of carbonyl (C=O) groups excluding carboxylic acids is 1. The Hall–Kier alpha value is -2.94. The maximum Gasteiger partial charge on any atom is 0.288 e. The summed E-state index contributed by atoms with van der Waals surface area (Å²) in [7, 11) is 0. The van der Waals surface area contributed by atoms with E-state index in [0.29, 0.717) is 24.0 Å². The van der Waals surface area contributed by atoms with Gasteiger partial charge in [0.1, 0.15) is 11.3 Å². The molecular formula is C21H25N5O3S. The molecule has 1 aliphatic rings. The van der Waals surface area contributed by atoms with Gasteiger partial charge in [0.15, 0.2) is 0 Å². The van der Waals surface area contributed by atoms with Crippen LogP contribution in [0.2, 0.25) is 0 Å². The number of aromatic nitrogens is 3. The molecule has 0 unspecified atom stereocenters. The minimum absolute atomic E-state index is 0.0118. The first-order valence-electron chi connectivity index (χ1n) is 10.2. The molecule has 3 aromatic rings. The molecule has 158 valence electrons. The fourth-order valence-electron chi connectivity index (χ4n) is 3.57. The van der Waals surface area contributed by atoms with E-state index in [-0.39, 0.29) is 5.56 Å². The van der Waals surface area contributed by atoms with Crippen molar-refractivity contribution in [2.24, 2.45) is 5.92 Å². The van der Waals surface area contributed by atoms with Gasteiger partial charge in [-0.05, 0) is 43.4 Å². The van der Waals surface area contributed by atoms with Gasteiger partial charge in [-0.15, -0.1) is 5.10 Å². The van der Waals surface area contributed by atoms with Crippen molar-refractivity contribution in [2.75, 3.05) is 24.6 Å². The highest BCUT2D eigenvalue weighted by atomic mass is 32.1. The molecule has 0 radical (unpaired) electrons. The lowest BCUT2D eigenvalue weighted by atomic mass is 10.0. The summed E-state index contributed by atoms with van der Waals surface area (Å²) in [4.78, 5) is 32.4. The molecular weight excluding hydrogens is 402 g/mol. The highest BCUT2D eigenvalue weighted by Crippen LogP contribution is 2.26. The molecule has 0 bridgehead atoms. The van der Waals surface area contributed by atoms with Crippen molar-refractivity contribution in [1.29, 1.82) is 0 Å². The molecule has 1 saturated heterocycles. The largest absolute Gasteiger partial charge is 0.494 e. The van der Waals surface area contributed by atoms with Gasteiger partial charge in [-0.2, -0.15) is 4.52 Å². The Balaban J connectivity index is 1.48. The molecule has 2 aromatic heterocycles. The predicted molar refractivity (Wildman–Crippen MR) is 117 cm³/mol. The molecule has 3 heterocycles. The summed E-state index contributed by atoms with van der Waals surface area (Å²) in [6.07, 6.45) is 3.66. The van der Waals surface area contributed by atoms with E-state index in [1.54, 1.807) is 0 Å². The van der Waals surface area contributed by atoms with Crippen molar-refractivity contribution in [2.45, 2.75) is 33.2 Å². The molecule has 1 atom stereocenters. The van der Waals surface area contributed by atoms with Gasteiger partial charge in [-0.25, -0.2) is 4.98 Å². The van der Waals surface area contributed by atoms with Crippen LogP contribution in [0.25, 0.3) is 4.96 Å². The van der Waals surface area contributed by atoms with E-state index >= 15 is 0 Å². The minimum atomic E-state index is -0.461. The predicted octanol–water partition coefficient (Wildman–Crippen LogP) is 2.72. The minimum Gasteiger partial charge on any atom is -0.494 e. The number of nitrogens with one attached hydrogen (secondary N) is 1. The SMILES string of the molecule is CCOc1ccc(CNC(=O)c2cnc3sc(N4CCC[C@@H](C)C4)nn3c2=O)cc1. The van der Waals surface area contributed by atoms with E-state index in [4.69, 9.17) is 4.74 Å². The maximum atomic E-state index is 12.8. The summed E-state index contributed by atoms with van der Waals surface area (Å²) in [6, 6.07) is 7.47. The number of amides is 1. The number of fused-ring (bicyclic) bond motifs is 1. The molecule has 1 fully saturated rings. The lowest BCUT2D eigenvalue weighted by Crippen LogP contribution is -2.34. The van der Waals surface area contributed by atoms with E-state index < -0.39 is 11.5 Å². The molecule has 1 aliphatic heterocycles. The third kappa shape index (κ3) is 4.30.